The van der Waals surface area contributed by atoms with Crippen molar-refractivity contribution in [2.45, 2.75) is 5.92 Å². The van der Waals surface area contributed by atoms with Crippen LogP contribution in [0.2, 0.25) is 10.0 Å². The van der Waals surface area contributed by atoms with Gasteiger partial charge in [-0.05, 0) is 23.8 Å². The number of esters is 1. The first-order valence-corrected chi connectivity index (χ1v) is 10.3. The first-order chi connectivity index (χ1) is 15.7. The van der Waals surface area contributed by atoms with Gasteiger partial charge >= 0.3 is 5.97 Å². The van der Waals surface area contributed by atoms with Gasteiger partial charge in [-0.15, -0.1) is 0 Å². The summed E-state index contributed by atoms with van der Waals surface area (Å²) in [5.41, 5.74) is 1.54. The van der Waals surface area contributed by atoms with Gasteiger partial charge in [0.2, 0.25) is 11.6 Å². The number of hydrogen-bond donors (Lipinski definition) is 0. The second kappa shape index (κ2) is 8.68. The van der Waals surface area contributed by atoms with Crippen molar-refractivity contribution in [3.8, 4) is 17.2 Å². The van der Waals surface area contributed by atoms with Crippen molar-refractivity contribution in [3.63, 3.8) is 0 Å². The van der Waals surface area contributed by atoms with Crippen LogP contribution >= 0.6 is 23.2 Å². The molecule has 1 aliphatic rings. The van der Waals surface area contributed by atoms with Crippen molar-refractivity contribution in [2.75, 3.05) is 26.2 Å². The van der Waals surface area contributed by atoms with E-state index in [0.29, 0.717) is 29.1 Å². The lowest BCUT2D eigenvalue weighted by molar-refractivity contribution is -0.135. The number of carbonyl (C=O) groups excluding carboxylic acids is 1. The summed E-state index contributed by atoms with van der Waals surface area (Å²) in [4.78, 5) is 15.1. The molecule has 0 bridgehead atoms. The molecule has 0 saturated heterocycles. The van der Waals surface area contributed by atoms with Crippen LogP contribution in [0.1, 0.15) is 17.0 Å². The summed E-state index contributed by atoms with van der Waals surface area (Å²) in [6, 6.07) is 8.05. The molecule has 0 fully saturated rings. The van der Waals surface area contributed by atoms with E-state index in [1.807, 2.05) is 0 Å². The number of para-hydroxylation sites is 1. The third kappa shape index (κ3) is 3.54. The smallest absolute Gasteiger partial charge is 0.323 e. The quantitative estimate of drug-likeness (QED) is 0.242. The summed E-state index contributed by atoms with van der Waals surface area (Å²) in [7, 11) is 4.40. The lowest BCUT2D eigenvalue weighted by Crippen LogP contribution is -2.30. The maximum absolute atomic E-state index is 14.2. The Balaban J connectivity index is 1.99. The Kier molecular flexibility index (Phi) is 6.07. The van der Waals surface area contributed by atoms with Gasteiger partial charge in [-0.2, -0.15) is 4.39 Å². The van der Waals surface area contributed by atoms with Crippen molar-refractivity contribution in [1.82, 2.24) is 0 Å². The molecule has 0 N–H and O–H groups in total. The molecule has 172 valence electrons. The monoisotopic (exact) mass is 497 g/mol. The highest BCUT2D eigenvalue weighted by Gasteiger charge is 2.42. The molecule has 1 atom stereocenters. The molecule has 1 aliphatic heterocycles. The van der Waals surface area contributed by atoms with Gasteiger partial charge in [-0.3, -0.25) is 4.79 Å². The van der Waals surface area contributed by atoms with Gasteiger partial charge in [0.1, 0.15) is 10.9 Å². The Morgan fingerprint density at radius 1 is 0.909 bits per heavy atom. The minimum absolute atomic E-state index is 0.0512. The number of rotatable bonds is 4. The zero-order valence-corrected chi connectivity index (χ0v) is 19.0. The molecule has 0 radical (unpaired) electrons. The predicted octanol–water partition coefficient (Wildman–Crippen LogP) is 6.25. The van der Waals surface area contributed by atoms with Gasteiger partial charge in [0.15, 0.2) is 23.1 Å². The molecular formula is C23H16Cl2F3NO4. The maximum Gasteiger partial charge on any atom is 0.323 e. The molecule has 0 amide bonds. The highest BCUT2D eigenvalue weighted by molar-refractivity contribution is 6.45. The maximum atomic E-state index is 14.2. The summed E-state index contributed by atoms with van der Waals surface area (Å²) in [6.45, 7) is 0. The average Bonchev–Trinajstić information content (AvgIpc) is 2.81. The van der Waals surface area contributed by atoms with E-state index in [-0.39, 0.29) is 27.1 Å². The molecule has 0 aromatic heterocycles. The molecule has 0 aliphatic carbocycles. The van der Waals surface area contributed by atoms with Crippen LogP contribution in [-0.4, -0.2) is 27.2 Å². The number of benzene rings is 3. The first-order valence-electron chi connectivity index (χ1n) is 9.53. The van der Waals surface area contributed by atoms with Crippen LogP contribution in [0.3, 0.4) is 0 Å². The molecule has 1 heterocycles. The largest absolute Gasteiger partial charge is 0.492 e. The Morgan fingerprint density at radius 3 is 2.21 bits per heavy atom. The molecule has 1 unspecified atom stereocenters. The average molecular weight is 498 g/mol. The number of ether oxygens (including phenoxy) is 3. The van der Waals surface area contributed by atoms with E-state index in [4.69, 9.17) is 37.4 Å². The summed E-state index contributed by atoms with van der Waals surface area (Å²) in [6.07, 6.45) is 0. The number of nitrogens with zero attached hydrogens (tertiary/aromatic N) is 1. The molecule has 33 heavy (non-hydrogen) atoms. The van der Waals surface area contributed by atoms with Crippen molar-refractivity contribution in [3.05, 3.63) is 75.0 Å². The Labute approximate surface area is 197 Å². The second-order valence-electron chi connectivity index (χ2n) is 7.10. The fourth-order valence-electron chi connectivity index (χ4n) is 3.95. The van der Waals surface area contributed by atoms with E-state index in [9.17, 15) is 18.0 Å². The topological polar surface area (TPSA) is 48.0 Å². The molecular weight excluding hydrogens is 482 g/mol. The van der Waals surface area contributed by atoms with E-state index in [1.54, 1.807) is 36.2 Å². The predicted molar refractivity (Wildman–Crippen MR) is 118 cm³/mol. The Hall–Kier alpha value is -3.10. The Morgan fingerprint density at radius 2 is 1.55 bits per heavy atom. The van der Waals surface area contributed by atoms with Gasteiger partial charge in [0, 0.05) is 18.3 Å². The van der Waals surface area contributed by atoms with Crippen molar-refractivity contribution in [1.29, 1.82) is 0 Å². The van der Waals surface area contributed by atoms with Crippen LogP contribution in [0.15, 0.2) is 36.4 Å². The van der Waals surface area contributed by atoms with E-state index in [0.717, 1.165) is 0 Å². The minimum Gasteiger partial charge on any atom is -0.492 e. The van der Waals surface area contributed by atoms with Crippen molar-refractivity contribution < 1.29 is 32.2 Å². The summed E-state index contributed by atoms with van der Waals surface area (Å²) in [5, 5.41) is 0.123. The molecule has 4 rings (SSSR count). The molecule has 3 aromatic carbocycles. The molecule has 0 spiro atoms. The molecule has 5 nitrogen and oxygen atoms in total. The third-order valence-corrected chi connectivity index (χ3v) is 6.21. The fourth-order valence-corrected chi connectivity index (χ4v) is 4.52. The van der Waals surface area contributed by atoms with Crippen LogP contribution in [0.4, 0.5) is 24.5 Å². The van der Waals surface area contributed by atoms with Crippen molar-refractivity contribution in [2.24, 2.45) is 0 Å². The lowest BCUT2D eigenvalue weighted by atomic mass is 9.84. The van der Waals surface area contributed by atoms with Crippen LogP contribution in [-0.2, 0) is 4.79 Å². The molecule has 10 heteroatoms. The van der Waals surface area contributed by atoms with Gasteiger partial charge in [-0.25, -0.2) is 8.78 Å². The van der Waals surface area contributed by atoms with Crippen LogP contribution in [0.5, 0.6) is 17.2 Å². The second-order valence-corrected chi connectivity index (χ2v) is 7.86. The SMILES string of the molecule is COc1c(Cl)c(Cl)c2c(c1OC)C(C(=O)Oc1c(F)ccc(F)c1F)c1ccccc1N2C. The van der Waals surface area contributed by atoms with Gasteiger partial charge in [-0.1, -0.05) is 41.4 Å². The number of fused-ring (bicyclic) bond motifs is 2. The van der Waals surface area contributed by atoms with Gasteiger partial charge in [0.05, 0.1) is 24.9 Å². The third-order valence-electron chi connectivity index (χ3n) is 5.39. The van der Waals surface area contributed by atoms with Crippen LogP contribution in [0.25, 0.3) is 0 Å². The van der Waals surface area contributed by atoms with E-state index in [1.165, 1.54) is 14.2 Å². The standard InChI is InChI=1S/C23H16Cl2F3NO4/c1-29-13-7-5-4-6-10(13)14(23(30)33-20-12(27)9-8-11(26)18(20)28)15-19(29)16(24)17(25)22(32-3)21(15)31-2/h4-9,14H,1-3H3. The van der Waals surface area contributed by atoms with E-state index < -0.39 is 35.1 Å². The number of hydrogen-bond acceptors (Lipinski definition) is 5. The highest BCUT2D eigenvalue weighted by atomic mass is 35.5. The summed E-state index contributed by atoms with van der Waals surface area (Å²) < 4.78 is 58.1. The lowest BCUT2D eigenvalue weighted by Gasteiger charge is -2.36. The number of methoxy groups -OCH3 is 2. The zero-order chi connectivity index (χ0) is 24.0. The van der Waals surface area contributed by atoms with Crippen molar-refractivity contribution >= 4 is 40.5 Å². The Bertz CT molecular complexity index is 1290. The van der Waals surface area contributed by atoms with Gasteiger partial charge < -0.3 is 19.1 Å². The molecule has 0 saturated carbocycles. The minimum atomic E-state index is -1.62. The van der Waals surface area contributed by atoms with E-state index in [2.05, 4.69) is 0 Å². The number of halogens is 5. The fraction of sp³-hybridized carbons (Fsp3) is 0.174. The summed E-state index contributed by atoms with van der Waals surface area (Å²) in [5.74, 6) is -7.55. The van der Waals surface area contributed by atoms with Crippen LogP contribution < -0.4 is 19.1 Å². The zero-order valence-electron chi connectivity index (χ0n) is 17.5. The van der Waals surface area contributed by atoms with E-state index >= 15 is 0 Å². The highest BCUT2D eigenvalue weighted by Crippen LogP contribution is 2.57. The number of anilines is 2. The summed E-state index contributed by atoms with van der Waals surface area (Å²) >= 11 is 13.0. The first kappa shape index (κ1) is 23.1. The molecule has 3 aromatic rings. The normalized spacial score (nSPS) is 14.4. The van der Waals surface area contributed by atoms with Gasteiger partial charge in [0.25, 0.3) is 0 Å². The van der Waals surface area contributed by atoms with Crippen LogP contribution in [0, 0.1) is 17.5 Å². The number of carbonyl (C=O) groups is 1.